The number of carbonyl (C=O) groups is 1. The number of piperidine rings is 2. The summed E-state index contributed by atoms with van der Waals surface area (Å²) in [5.41, 5.74) is 1.57. The Morgan fingerprint density at radius 1 is 1.00 bits per heavy atom. The lowest BCUT2D eigenvalue weighted by molar-refractivity contribution is -0.153. The highest BCUT2D eigenvalue weighted by Gasteiger charge is 2.54. The molecule has 0 N–H and O–H groups in total. The molecular weight excluding hydrogens is 581 g/mol. The van der Waals surface area contributed by atoms with Gasteiger partial charge in [0, 0.05) is 55.8 Å². The molecular formula is C34H43F3N6O2. The van der Waals surface area contributed by atoms with E-state index >= 15 is 4.39 Å². The molecule has 2 aromatic heterocycles. The highest BCUT2D eigenvalue weighted by Crippen LogP contribution is 2.54. The molecule has 3 aliphatic heterocycles. The standard InChI is InChI=1S/C34H43F3N6O2/c1-20-16-23-28(38-17-20)34(45-29(23)33(5,6)31-39-19-41(7)40-31)11-14-42(15-12-34)30(44)22-10-13-43(32(2,3)4)18-24(22)21-8-9-25(35)27(37)26(21)36/h8-9,16-17,19,22,24,29H,10-15,18H2,1-7H3/t22?,24-,29?/m0/s1. The summed E-state index contributed by atoms with van der Waals surface area (Å²) in [7, 11) is 1.84. The molecule has 8 nitrogen and oxygen atoms in total. The number of fused-ring (bicyclic) bond motifs is 2. The molecule has 11 heteroatoms. The van der Waals surface area contributed by atoms with Gasteiger partial charge in [0.1, 0.15) is 11.9 Å². The van der Waals surface area contributed by atoms with Gasteiger partial charge in [0.05, 0.1) is 17.2 Å². The van der Waals surface area contributed by atoms with Gasteiger partial charge >= 0.3 is 0 Å². The van der Waals surface area contributed by atoms with Crippen LogP contribution >= 0.6 is 0 Å². The first-order valence-electron chi connectivity index (χ1n) is 15.8. The number of hydrogen-bond donors (Lipinski definition) is 0. The summed E-state index contributed by atoms with van der Waals surface area (Å²) >= 11 is 0. The summed E-state index contributed by atoms with van der Waals surface area (Å²) < 4.78 is 52.1. The summed E-state index contributed by atoms with van der Waals surface area (Å²) in [6.45, 7) is 14.3. The zero-order valence-corrected chi connectivity index (χ0v) is 27.2. The zero-order valence-electron chi connectivity index (χ0n) is 27.2. The molecule has 2 saturated heterocycles. The van der Waals surface area contributed by atoms with E-state index in [2.05, 4.69) is 55.7 Å². The molecule has 1 spiro atoms. The lowest BCUT2D eigenvalue weighted by Crippen LogP contribution is -2.54. The minimum atomic E-state index is -1.50. The van der Waals surface area contributed by atoms with Crippen LogP contribution in [-0.2, 0) is 27.6 Å². The van der Waals surface area contributed by atoms with Crippen LogP contribution in [0.2, 0.25) is 0 Å². The van der Waals surface area contributed by atoms with Crippen LogP contribution in [0.3, 0.4) is 0 Å². The number of ether oxygens (including phenoxy) is 1. The number of aryl methyl sites for hydroxylation is 2. The van der Waals surface area contributed by atoms with E-state index in [9.17, 15) is 13.6 Å². The predicted molar refractivity (Wildman–Crippen MR) is 163 cm³/mol. The SMILES string of the molecule is Cc1cnc2c(c1)C(C(C)(C)c1ncn(C)n1)OC21CCN(C(=O)C2CCN(C(C)(C)C)C[C@H]2c2ccc(F)c(F)c2F)CC1. The average Bonchev–Trinajstić information content (AvgIpc) is 3.57. The number of halogens is 3. The van der Waals surface area contributed by atoms with Gasteiger partial charge in [-0.1, -0.05) is 6.07 Å². The molecule has 5 heterocycles. The van der Waals surface area contributed by atoms with E-state index in [0.29, 0.717) is 51.3 Å². The number of likely N-dealkylation sites (tertiary alicyclic amines) is 2. The van der Waals surface area contributed by atoms with Gasteiger partial charge in [-0.2, -0.15) is 5.10 Å². The van der Waals surface area contributed by atoms with Gasteiger partial charge in [-0.3, -0.25) is 19.4 Å². The number of nitrogens with zero attached hydrogens (tertiary/aromatic N) is 6. The zero-order chi connectivity index (χ0) is 32.5. The molecule has 1 aromatic carbocycles. The molecule has 3 aliphatic rings. The molecule has 1 amide bonds. The van der Waals surface area contributed by atoms with Gasteiger partial charge in [-0.05, 0) is 90.6 Å². The van der Waals surface area contributed by atoms with Crippen molar-refractivity contribution < 1.29 is 22.7 Å². The van der Waals surface area contributed by atoms with E-state index in [0.717, 1.165) is 22.9 Å². The molecule has 242 valence electrons. The van der Waals surface area contributed by atoms with Crippen molar-refractivity contribution in [1.82, 2.24) is 29.5 Å². The maximum Gasteiger partial charge on any atom is 0.226 e. The van der Waals surface area contributed by atoms with Crippen LogP contribution in [0.4, 0.5) is 13.2 Å². The summed E-state index contributed by atoms with van der Waals surface area (Å²) in [6, 6.07) is 4.39. The smallest absolute Gasteiger partial charge is 0.226 e. The van der Waals surface area contributed by atoms with Crippen LogP contribution in [0.25, 0.3) is 0 Å². The van der Waals surface area contributed by atoms with Crippen LogP contribution in [0.15, 0.2) is 30.7 Å². The van der Waals surface area contributed by atoms with Crippen LogP contribution in [-0.4, -0.2) is 67.2 Å². The fraction of sp³-hybridized carbons (Fsp3) is 0.588. The van der Waals surface area contributed by atoms with Crippen LogP contribution < -0.4 is 0 Å². The Morgan fingerprint density at radius 2 is 1.71 bits per heavy atom. The molecule has 45 heavy (non-hydrogen) atoms. The lowest BCUT2D eigenvalue weighted by Gasteiger charge is -2.47. The van der Waals surface area contributed by atoms with E-state index in [1.165, 1.54) is 6.07 Å². The Labute approximate surface area is 263 Å². The minimum Gasteiger partial charge on any atom is -0.359 e. The van der Waals surface area contributed by atoms with Crippen LogP contribution in [0.1, 0.15) is 94.1 Å². The van der Waals surface area contributed by atoms with E-state index < -0.39 is 40.3 Å². The Balaban J connectivity index is 1.26. The Morgan fingerprint density at radius 3 is 2.36 bits per heavy atom. The van der Waals surface area contributed by atoms with Gasteiger partial charge in [0.15, 0.2) is 23.3 Å². The number of aromatic nitrogens is 4. The molecule has 0 aliphatic carbocycles. The number of rotatable bonds is 4. The second kappa shape index (κ2) is 11.2. The largest absolute Gasteiger partial charge is 0.359 e. The number of amides is 1. The topological polar surface area (TPSA) is 76.4 Å². The molecule has 2 fully saturated rings. The maximum absolute atomic E-state index is 15.2. The van der Waals surface area contributed by atoms with Crippen molar-refractivity contribution in [1.29, 1.82) is 0 Å². The molecule has 3 atom stereocenters. The summed E-state index contributed by atoms with van der Waals surface area (Å²) in [5, 5.41) is 4.59. The Bertz CT molecular complexity index is 1610. The first-order chi connectivity index (χ1) is 21.1. The van der Waals surface area contributed by atoms with Crippen molar-refractivity contribution in [3.63, 3.8) is 0 Å². The third-order valence-corrected chi connectivity index (χ3v) is 10.2. The first-order valence-corrected chi connectivity index (χ1v) is 15.8. The van der Waals surface area contributed by atoms with Crippen molar-refractivity contribution in [2.75, 3.05) is 26.2 Å². The third-order valence-electron chi connectivity index (χ3n) is 10.2. The minimum absolute atomic E-state index is 0.0514. The number of benzene rings is 1. The quantitative estimate of drug-likeness (QED) is 0.347. The average molecular weight is 625 g/mol. The van der Waals surface area contributed by atoms with Crippen molar-refractivity contribution in [3.05, 3.63) is 76.4 Å². The molecule has 0 radical (unpaired) electrons. The van der Waals surface area contributed by atoms with Crippen LogP contribution in [0.5, 0.6) is 0 Å². The predicted octanol–water partition coefficient (Wildman–Crippen LogP) is 5.71. The summed E-state index contributed by atoms with van der Waals surface area (Å²) in [4.78, 5) is 27.6. The highest BCUT2D eigenvalue weighted by atomic mass is 19.2. The fourth-order valence-electron chi connectivity index (χ4n) is 7.48. The van der Waals surface area contributed by atoms with E-state index in [1.54, 1.807) is 11.0 Å². The maximum atomic E-state index is 15.2. The highest BCUT2D eigenvalue weighted by molar-refractivity contribution is 5.80. The summed E-state index contributed by atoms with van der Waals surface area (Å²) in [6.07, 6.45) is 4.82. The molecule has 0 saturated carbocycles. The van der Waals surface area contributed by atoms with E-state index in [-0.39, 0.29) is 23.1 Å². The number of hydrogen-bond acceptors (Lipinski definition) is 6. The Kier molecular flexibility index (Phi) is 7.87. The van der Waals surface area contributed by atoms with Crippen molar-refractivity contribution in [2.24, 2.45) is 13.0 Å². The molecule has 2 unspecified atom stereocenters. The van der Waals surface area contributed by atoms with E-state index in [4.69, 9.17) is 9.72 Å². The van der Waals surface area contributed by atoms with Crippen molar-refractivity contribution in [2.45, 2.75) is 89.4 Å². The monoisotopic (exact) mass is 624 g/mol. The first kappa shape index (κ1) is 31.7. The third kappa shape index (κ3) is 5.45. The van der Waals surface area contributed by atoms with Crippen molar-refractivity contribution in [3.8, 4) is 0 Å². The second-order valence-corrected chi connectivity index (χ2v) is 14.6. The van der Waals surface area contributed by atoms with Gasteiger partial charge in [0.2, 0.25) is 5.91 Å². The van der Waals surface area contributed by atoms with Gasteiger partial charge in [-0.25, -0.2) is 18.2 Å². The van der Waals surface area contributed by atoms with Gasteiger partial charge in [-0.15, -0.1) is 0 Å². The van der Waals surface area contributed by atoms with Gasteiger partial charge in [0.25, 0.3) is 0 Å². The number of carbonyl (C=O) groups excluding carboxylic acids is 1. The van der Waals surface area contributed by atoms with E-state index in [1.807, 2.05) is 25.1 Å². The van der Waals surface area contributed by atoms with Crippen LogP contribution in [0, 0.1) is 30.3 Å². The molecule has 0 bridgehead atoms. The van der Waals surface area contributed by atoms with Gasteiger partial charge < -0.3 is 9.64 Å². The normalized spacial score (nSPS) is 23.9. The van der Waals surface area contributed by atoms with Crippen molar-refractivity contribution >= 4 is 5.91 Å². The molecule has 3 aromatic rings. The second-order valence-electron chi connectivity index (χ2n) is 14.6. The lowest BCUT2D eigenvalue weighted by atomic mass is 9.77. The Hall–Kier alpha value is -3.31. The number of pyridine rings is 1. The molecule has 6 rings (SSSR count). The summed E-state index contributed by atoms with van der Waals surface area (Å²) in [5.74, 6) is -4.51. The fourth-order valence-corrected chi connectivity index (χ4v) is 7.48.